The molecular formula is C14H20N4O. The van der Waals surface area contributed by atoms with Crippen molar-refractivity contribution >= 4 is 17.0 Å². The lowest BCUT2D eigenvalue weighted by molar-refractivity contribution is -0.641. The lowest BCUT2D eigenvalue weighted by Gasteiger charge is -2.05. The lowest BCUT2D eigenvalue weighted by Crippen LogP contribution is -2.33. The van der Waals surface area contributed by atoms with E-state index in [1.165, 1.54) is 19.3 Å². The van der Waals surface area contributed by atoms with Crippen LogP contribution >= 0.6 is 0 Å². The van der Waals surface area contributed by atoms with E-state index in [1.54, 1.807) is 6.07 Å². The summed E-state index contributed by atoms with van der Waals surface area (Å²) in [5.41, 5.74) is 2.21. The number of rotatable bonds is 6. The fourth-order valence-electron chi connectivity index (χ4n) is 1.98. The second-order valence-electron chi connectivity index (χ2n) is 4.79. The summed E-state index contributed by atoms with van der Waals surface area (Å²) in [7, 11) is 0. The normalized spacial score (nSPS) is 10.8. The van der Waals surface area contributed by atoms with Gasteiger partial charge in [-0.15, -0.1) is 0 Å². The molecule has 1 aromatic heterocycles. The molecular weight excluding hydrogens is 240 g/mol. The Morgan fingerprint density at radius 3 is 2.89 bits per heavy atom. The van der Waals surface area contributed by atoms with Gasteiger partial charge in [0, 0.05) is 12.6 Å². The second-order valence-corrected chi connectivity index (χ2v) is 4.79. The number of unbranched alkanes of at least 4 members (excludes halogenated alkanes) is 3. The van der Waals surface area contributed by atoms with Crippen LogP contribution in [0.3, 0.4) is 0 Å². The molecule has 0 aliphatic rings. The number of aromatic nitrogens is 3. The fraction of sp³-hybridized carbons (Fsp3) is 0.500. The van der Waals surface area contributed by atoms with Gasteiger partial charge in [0.15, 0.2) is 0 Å². The third kappa shape index (κ3) is 3.53. The zero-order valence-electron chi connectivity index (χ0n) is 11.5. The quantitative estimate of drug-likeness (QED) is 0.492. The molecule has 19 heavy (non-hydrogen) atoms. The molecule has 1 N–H and O–H groups in total. The summed E-state index contributed by atoms with van der Waals surface area (Å²) in [6, 6.07) is 5.59. The third-order valence-corrected chi connectivity index (χ3v) is 3.06. The van der Waals surface area contributed by atoms with Crippen molar-refractivity contribution < 1.29 is 4.85 Å². The van der Waals surface area contributed by atoms with Gasteiger partial charge >= 0.3 is 0 Å². The lowest BCUT2D eigenvalue weighted by atomic mass is 10.2. The first-order valence-corrected chi connectivity index (χ1v) is 6.83. The van der Waals surface area contributed by atoms with Gasteiger partial charge in [-0.1, -0.05) is 32.3 Å². The zero-order valence-corrected chi connectivity index (χ0v) is 11.5. The van der Waals surface area contributed by atoms with E-state index in [9.17, 15) is 5.21 Å². The van der Waals surface area contributed by atoms with Crippen LogP contribution in [-0.2, 0) is 0 Å². The Balaban J connectivity index is 2.06. The fourth-order valence-corrected chi connectivity index (χ4v) is 1.98. The maximum atomic E-state index is 11.8. The molecule has 0 saturated heterocycles. The van der Waals surface area contributed by atoms with Crippen LogP contribution in [-0.4, -0.2) is 16.6 Å². The van der Waals surface area contributed by atoms with E-state index in [1.807, 2.05) is 19.1 Å². The summed E-state index contributed by atoms with van der Waals surface area (Å²) in [5, 5.41) is 18.8. The Morgan fingerprint density at radius 1 is 1.26 bits per heavy atom. The molecule has 0 bridgehead atoms. The Morgan fingerprint density at radius 2 is 2.11 bits per heavy atom. The molecule has 0 saturated carbocycles. The minimum absolute atomic E-state index is 0.405. The van der Waals surface area contributed by atoms with Gasteiger partial charge in [0.05, 0.1) is 5.10 Å². The minimum Gasteiger partial charge on any atom is -0.594 e. The molecule has 2 rings (SSSR count). The number of nitrogens with one attached hydrogen (secondary N) is 1. The number of nitrogens with zero attached hydrogens (tertiary/aromatic N) is 3. The molecule has 0 unspecified atom stereocenters. The molecule has 1 heterocycles. The molecule has 0 fully saturated rings. The van der Waals surface area contributed by atoms with Crippen molar-refractivity contribution in [3.05, 3.63) is 29.0 Å². The summed E-state index contributed by atoms with van der Waals surface area (Å²) in [5.74, 6) is 0.405. The second kappa shape index (κ2) is 6.31. The zero-order chi connectivity index (χ0) is 13.7. The Labute approximate surface area is 113 Å². The van der Waals surface area contributed by atoms with Crippen LogP contribution in [0.5, 0.6) is 0 Å². The minimum atomic E-state index is 0.405. The van der Waals surface area contributed by atoms with Crippen molar-refractivity contribution in [2.75, 3.05) is 11.9 Å². The molecule has 2 aromatic rings. The van der Waals surface area contributed by atoms with Crippen LogP contribution in [0.1, 0.15) is 38.2 Å². The van der Waals surface area contributed by atoms with Crippen molar-refractivity contribution in [2.24, 2.45) is 0 Å². The van der Waals surface area contributed by atoms with Gasteiger partial charge in [0.1, 0.15) is 5.52 Å². The molecule has 102 valence electrons. The molecule has 0 aliphatic carbocycles. The smallest absolute Gasteiger partial charge is 0.290 e. The van der Waals surface area contributed by atoms with Gasteiger partial charge in [-0.3, -0.25) is 0 Å². The maximum absolute atomic E-state index is 11.8. The van der Waals surface area contributed by atoms with Crippen molar-refractivity contribution in [1.29, 1.82) is 0 Å². The molecule has 0 radical (unpaired) electrons. The molecule has 5 heteroatoms. The highest BCUT2D eigenvalue weighted by Gasteiger charge is 2.10. The summed E-state index contributed by atoms with van der Waals surface area (Å²) < 4.78 is 0. The number of benzene rings is 1. The van der Waals surface area contributed by atoms with Crippen LogP contribution in [0.15, 0.2) is 18.2 Å². The Kier molecular flexibility index (Phi) is 4.49. The van der Waals surface area contributed by atoms with Gasteiger partial charge in [0.25, 0.3) is 11.5 Å². The van der Waals surface area contributed by atoms with E-state index in [2.05, 4.69) is 22.3 Å². The van der Waals surface area contributed by atoms with Crippen molar-refractivity contribution in [2.45, 2.75) is 39.5 Å². The summed E-state index contributed by atoms with van der Waals surface area (Å²) >= 11 is 0. The van der Waals surface area contributed by atoms with Crippen molar-refractivity contribution in [3.63, 3.8) is 0 Å². The van der Waals surface area contributed by atoms with Crippen LogP contribution in [0.4, 0.5) is 5.95 Å². The van der Waals surface area contributed by atoms with Gasteiger partial charge < -0.3 is 10.5 Å². The number of aryl methyl sites for hydroxylation is 1. The summed E-state index contributed by atoms with van der Waals surface area (Å²) in [6.45, 7) is 4.93. The molecule has 0 atom stereocenters. The van der Waals surface area contributed by atoms with Gasteiger partial charge in [-0.2, -0.15) is 0 Å². The van der Waals surface area contributed by atoms with Crippen LogP contribution in [0.25, 0.3) is 11.0 Å². The number of fused-ring (bicyclic) bond motifs is 1. The van der Waals surface area contributed by atoms with Gasteiger partial charge in [0.2, 0.25) is 0 Å². The first-order chi connectivity index (χ1) is 9.20. The Hall–Kier alpha value is -1.91. The largest absolute Gasteiger partial charge is 0.594 e. The van der Waals surface area contributed by atoms with Crippen LogP contribution in [0, 0.1) is 12.1 Å². The van der Waals surface area contributed by atoms with E-state index in [0.29, 0.717) is 21.8 Å². The average molecular weight is 260 g/mol. The predicted octanol–water partition coefficient (Wildman–Crippen LogP) is 2.56. The van der Waals surface area contributed by atoms with Crippen molar-refractivity contribution in [3.8, 4) is 0 Å². The van der Waals surface area contributed by atoms with E-state index < -0.39 is 0 Å². The first kappa shape index (κ1) is 13.5. The highest BCUT2D eigenvalue weighted by atomic mass is 16.5. The molecule has 5 nitrogen and oxygen atoms in total. The molecule has 0 spiro atoms. The summed E-state index contributed by atoms with van der Waals surface area (Å²) in [4.78, 5) is 4.99. The van der Waals surface area contributed by atoms with Crippen molar-refractivity contribution in [1.82, 2.24) is 10.1 Å². The topological polar surface area (TPSA) is 64.8 Å². The highest BCUT2D eigenvalue weighted by molar-refractivity contribution is 5.72. The molecule has 0 amide bonds. The van der Waals surface area contributed by atoms with E-state index in [4.69, 9.17) is 0 Å². The van der Waals surface area contributed by atoms with E-state index in [-0.39, 0.29) is 0 Å². The molecule has 0 aliphatic heterocycles. The first-order valence-electron chi connectivity index (χ1n) is 6.83. The van der Waals surface area contributed by atoms with Crippen LogP contribution < -0.4 is 10.2 Å². The van der Waals surface area contributed by atoms with E-state index >= 15 is 0 Å². The average Bonchev–Trinajstić information content (AvgIpc) is 2.39. The maximum Gasteiger partial charge on any atom is 0.290 e. The summed E-state index contributed by atoms with van der Waals surface area (Å²) in [6.07, 6.45) is 4.71. The van der Waals surface area contributed by atoms with Gasteiger partial charge in [-0.05, 0) is 29.8 Å². The SMILES string of the molecule is CCCCCCNc1nc2ccc(C)cc2[n+]([O-])n1. The number of hydrogen-bond acceptors (Lipinski definition) is 4. The number of hydrogen-bond donors (Lipinski definition) is 1. The number of anilines is 1. The third-order valence-electron chi connectivity index (χ3n) is 3.06. The van der Waals surface area contributed by atoms with Crippen LogP contribution in [0.2, 0.25) is 0 Å². The molecule has 1 aromatic carbocycles. The Bertz CT molecular complexity index is 556. The standard InChI is InChI=1S/C14H20N4O/c1-3-4-5-6-9-15-14-16-12-8-7-11(2)10-13(12)18(19)17-14/h7-8,10H,3-6,9H2,1-2H3,(H,15,16,17). The van der Waals surface area contributed by atoms with E-state index in [0.717, 1.165) is 18.5 Å². The van der Waals surface area contributed by atoms with Gasteiger partial charge in [-0.25, -0.2) is 4.98 Å². The predicted molar refractivity (Wildman–Crippen MR) is 75.9 cm³/mol. The monoisotopic (exact) mass is 260 g/mol. The highest BCUT2D eigenvalue weighted by Crippen LogP contribution is 2.10.